The normalized spacial score (nSPS) is 19.8. The number of rotatable bonds is 23. The molecule has 1 N–H and O–H groups in total. The zero-order valence-corrected chi connectivity index (χ0v) is 29.5. The maximum Gasteiger partial charge on any atom is 0.403 e. The van der Waals surface area contributed by atoms with Crippen molar-refractivity contribution in [2.45, 2.75) is 141 Å². The number of halogens is 1. The molecule has 2 atom stereocenters. The van der Waals surface area contributed by atoms with Crippen LogP contribution in [0.2, 0.25) is 0 Å². The monoisotopic (exact) mass is 683 g/mol. The Morgan fingerprint density at radius 3 is 2.20 bits per heavy atom. The molecule has 2 unspecified atom stereocenters. The Balaban J connectivity index is 1.17. The Bertz CT molecular complexity index is 1030. The third kappa shape index (κ3) is 15.5. The van der Waals surface area contributed by atoms with Gasteiger partial charge < -0.3 is 14.6 Å². The minimum Gasteiger partial charge on any atom is -0.462 e. The number of carbonyl (C=O) groups is 3. The van der Waals surface area contributed by atoms with Crippen molar-refractivity contribution in [2.75, 3.05) is 24.7 Å². The number of ketones is 1. The first-order valence-electron chi connectivity index (χ1n) is 17.1. The number of Topliss-reactive ketones (excluding diaryl/α,β-unsaturated/α-hetero) is 1. The molecular formula is C35H54ClNO6S2. The van der Waals surface area contributed by atoms with Gasteiger partial charge in [-0.1, -0.05) is 96.7 Å². The van der Waals surface area contributed by atoms with Crippen LogP contribution in [-0.4, -0.2) is 70.0 Å². The average molecular weight is 684 g/mol. The van der Waals surface area contributed by atoms with Gasteiger partial charge >= 0.3 is 11.4 Å². The van der Waals surface area contributed by atoms with E-state index in [4.69, 9.17) is 16.3 Å². The van der Waals surface area contributed by atoms with Gasteiger partial charge in [-0.3, -0.25) is 14.5 Å². The summed E-state index contributed by atoms with van der Waals surface area (Å²) in [5.41, 5.74) is 1.99. The number of piperidine rings is 2. The van der Waals surface area contributed by atoms with Gasteiger partial charge in [-0.25, -0.2) is 4.79 Å². The van der Waals surface area contributed by atoms with Crippen LogP contribution in [-0.2, 0) is 32.1 Å². The molecule has 2 aliphatic heterocycles. The molecule has 2 bridgehead atoms. The second-order valence-corrected chi connectivity index (χ2v) is 15.6. The molecule has 7 nitrogen and oxygen atoms in total. The molecule has 254 valence electrons. The number of aliphatic hydroxyl groups is 1. The molecular weight excluding hydrogens is 630 g/mol. The van der Waals surface area contributed by atoms with Crippen molar-refractivity contribution < 1.29 is 29.0 Å². The number of ether oxygens (including phenoxy) is 2. The number of nitrogens with zero attached hydrogens (tertiary/aromatic N) is 1. The highest BCUT2D eigenvalue weighted by molar-refractivity contribution is 8.76. The maximum atomic E-state index is 12.8. The topological polar surface area (TPSA) is 93.1 Å². The van der Waals surface area contributed by atoms with Crippen molar-refractivity contribution in [1.82, 2.24) is 4.90 Å². The quantitative estimate of drug-likeness (QED) is 0.0527. The summed E-state index contributed by atoms with van der Waals surface area (Å²) < 4.78 is 10.7. The summed E-state index contributed by atoms with van der Waals surface area (Å²) in [6.45, 7) is 3.41. The number of aliphatic hydroxyl groups excluding tert-OH is 1. The third-order valence-corrected chi connectivity index (χ3v) is 11.5. The zero-order valence-electron chi connectivity index (χ0n) is 27.2. The fourth-order valence-electron chi connectivity index (χ4n) is 6.75. The summed E-state index contributed by atoms with van der Waals surface area (Å²) in [5, 5.41) is 9.64. The van der Waals surface area contributed by atoms with Gasteiger partial charge in [0.2, 0.25) is 0 Å². The predicted molar refractivity (Wildman–Crippen MR) is 186 cm³/mol. The Labute approximate surface area is 283 Å². The van der Waals surface area contributed by atoms with Gasteiger partial charge in [0, 0.05) is 60.9 Å². The van der Waals surface area contributed by atoms with Crippen molar-refractivity contribution in [3.63, 3.8) is 0 Å². The number of hydrogen-bond acceptors (Lipinski definition) is 9. The van der Waals surface area contributed by atoms with Crippen LogP contribution in [0.5, 0.6) is 0 Å². The van der Waals surface area contributed by atoms with Crippen molar-refractivity contribution in [3.8, 4) is 0 Å². The van der Waals surface area contributed by atoms with Gasteiger partial charge in [0.15, 0.2) is 0 Å². The molecule has 0 amide bonds. The lowest BCUT2D eigenvalue weighted by Gasteiger charge is -2.48. The molecule has 10 heteroatoms. The standard InChI is InChI=1S/C35H54ClNO6S2/c1-27-15-16-28(26-38)29(22-27)23-34(40)43-33-24-30-12-11-13-31(25-33)37(30)18-10-8-6-4-2-3-5-7-9-14-32(39)17-20-44-45-21-19-42-35(36)41/h15-16,22,30-31,33,38H,2-14,17-21,23-26H2,1H3. The Kier molecular flexibility index (Phi) is 19.0. The molecule has 0 aromatic heterocycles. The molecule has 2 heterocycles. The van der Waals surface area contributed by atoms with Crippen LogP contribution in [0.25, 0.3) is 0 Å². The molecule has 0 saturated carbocycles. The van der Waals surface area contributed by atoms with Crippen LogP contribution in [0.3, 0.4) is 0 Å². The first-order chi connectivity index (χ1) is 21.9. The van der Waals surface area contributed by atoms with Crippen LogP contribution in [0.4, 0.5) is 4.79 Å². The lowest BCUT2D eigenvalue weighted by Crippen LogP contribution is -2.54. The fourth-order valence-corrected chi connectivity index (χ4v) is 8.69. The first-order valence-corrected chi connectivity index (χ1v) is 19.9. The summed E-state index contributed by atoms with van der Waals surface area (Å²) in [4.78, 5) is 38.0. The van der Waals surface area contributed by atoms with Crippen LogP contribution in [0.1, 0.15) is 119 Å². The second-order valence-electron chi connectivity index (χ2n) is 12.6. The molecule has 0 radical (unpaired) electrons. The smallest absolute Gasteiger partial charge is 0.403 e. The number of fused-ring (bicyclic) bond motifs is 2. The van der Waals surface area contributed by atoms with Gasteiger partial charge in [0.25, 0.3) is 0 Å². The number of esters is 1. The van der Waals surface area contributed by atoms with Crippen LogP contribution in [0, 0.1) is 6.92 Å². The van der Waals surface area contributed by atoms with Gasteiger partial charge in [-0.05, 0) is 50.3 Å². The van der Waals surface area contributed by atoms with E-state index in [1.807, 2.05) is 25.1 Å². The molecule has 1 aromatic rings. The van der Waals surface area contributed by atoms with E-state index in [1.54, 1.807) is 21.6 Å². The number of benzene rings is 1. The molecule has 2 aliphatic rings. The number of unbranched alkanes of at least 4 members (excludes halogenated alkanes) is 8. The van der Waals surface area contributed by atoms with Gasteiger partial charge in [0.05, 0.1) is 13.0 Å². The molecule has 45 heavy (non-hydrogen) atoms. The molecule has 0 spiro atoms. The molecule has 2 fully saturated rings. The van der Waals surface area contributed by atoms with E-state index in [0.717, 1.165) is 54.7 Å². The van der Waals surface area contributed by atoms with E-state index in [-0.39, 0.29) is 25.1 Å². The fraction of sp³-hybridized carbons (Fsp3) is 0.743. The van der Waals surface area contributed by atoms with E-state index in [1.165, 1.54) is 64.2 Å². The highest BCUT2D eigenvalue weighted by Crippen LogP contribution is 2.36. The second kappa shape index (κ2) is 22.3. The molecule has 1 aromatic carbocycles. The Hall–Kier alpha value is -1.26. The van der Waals surface area contributed by atoms with E-state index >= 15 is 0 Å². The van der Waals surface area contributed by atoms with Crippen molar-refractivity contribution >= 4 is 50.4 Å². The third-order valence-electron chi connectivity index (χ3n) is 9.05. The van der Waals surface area contributed by atoms with E-state index in [9.17, 15) is 19.5 Å². The van der Waals surface area contributed by atoms with E-state index < -0.39 is 5.43 Å². The van der Waals surface area contributed by atoms with E-state index in [0.29, 0.717) is 43.1 Å². The summed E-state index contributed by atoms with van der Waals surface area (Å²) in [5.74, 6) is 1.66. The lowest BCUT2D eigenvalue weighted by molar-refractivity contribution is -0.154. The summed E-state index contributed by atoms with van der Waals surface area (Å²) >= 11 is 5.11. The highest BCUT2D eigenvalue weighted by atomic mass is 35.5. The van der Waals surface area contributed by atoms with Crippen molar-refractivity contribution in [3.05, 3.63) is 34.9 Å². The summed E-state index contributed by atoms with van der Waals surface area (Å²) in [7, 11) is 3.24. The van der Waals surface area contributed by atoms with Crippen molar-refractivity contribution in [2.24, 2.45) is 0 Å². The predicted octanol–water partition coefficient (Wildman–Crippen LogP) is 8.58. The SMILES string of the molecule is Cc1ccc(CO)c(CC(=O)OC2CC3CCCC(C2)N3CCCCCCCCCCCC(=O)CCSSCCOC(=O)Cl)c1. The molecule has 3 rings (SSSR count). The minimum absolute atomic E-state index is 0.00919. The van der Waals surface area contributed by atoms with Gasteiger partial charge in [0.1, 0.15) is 18.5 Å². The minimum atomic E-state index is -0.769. The maximum absolute atomic E-state index is 12.8. The molecule has 0 aliphatic carbocycles. The summed E-state index contributed by atoms with van der Waals surface area (Å²) in [6.07, 6.45) is 18.1. The average Bonchev–Trinajstić information content (AvgIpc) is 2.99. The van der Waals surface area contributed by atoms with Crippen molar-refractivity contribution in [1.29, 1.82) is 0 Å². The first kappa shape index (κ1) is 38.2. The van der Waals surface area contributed by atoms with Crippen LogP contribution in [0.15, 0.2) is 18.2 Å². The van der Waals surface area contributed by atoms with E-state index in [2.05, 4.69) is 9.64 Å². The van der Waals surface area contributed by atoms with Crippen LogP contribution >= 0.6 is 33.2 Å². The number of aryl methyl sites for hydroxylation is 1. The zero-order chi connectivity index (χ0) is 32.3. The molecule has 2 saturated heterocycles. The highest BCUT2D eigenvalue weighted by Gasteiger charge is 2.39. The summed E-state index contributed by atoms with van der Waals surface area (Å²) in [6, 6.07) is 6.90. The largest absolute Gasteiger partial charge is 0.462 e. The number of hydrogen-bond donors (Lipinski definition) is 1. The Morgan fingerprint density at radius 1 is 0.889 bits per heavy atom. The van der Waals surface area contributed by atoms with Gasteiger partial charge in [-0.2, -0.15) is 0 Å². The van der Waals surface area contributed by atoms with Crippen LogP contribution < -0.4 is 0 Å². The lowest BCUT2D eigenvalue weighted by atomic mass is 9.82. The number of carbonyl (C=O) groups excluding carboxylic acids is 3. The Morgan fingerprint density at radius 2 is 1.53 bits per heavy atom. The van der Waals surface area contributed by atoms with Gasteiger partial charge in [-0.15, -0.1) is 0 Å².